The SMILES string of the molecule is O[C@@H]1CCCC[C@H]1c1ccc(OC2CCCCC2)cc1. The van der Waals surface area contributed by atoms with Gasteiger partial charge in [-0.2, -0.15) is 0 Å². The smallest absolute Gasteiger partial charge is 0.119 e. The van der Waals surface area contributed by atoms with Crippen molar-refractivity contribution in [1.29, 1.82) is 0 Å². The molecule has 0 aliphatic heterocycles. The maximum Gasteiger partial charge on any atom is 0.119 e. The first kappa shape index (κ1) is 13.9. The van der Waals surface area contributed by atoms with E-state index in [2.05, 4.69) is 24.3 Å². The Hall–Kier alpha value is -1.02. The number of hydrogen-bond donors (Lipinski definition) is 1. The molecule has 0 saturated heterocycles. The highest BCUT2D eigenvalue weighted by atomic mass is 16.5. The van der Waals surface area contributed by atoms with E-state index in [1.165, 1.54) is 50.5 Å². The zero-order valence-electron chi connectivity index (χ0n) is 12.3. The first-order valence-corrected chi connectivity index (χ1v) is 8.27. The molecule has 2 heteroatoms. The van der Waals surface area contributed by atoms with Crippen molar-refractivity contribution in [2.75, 3.05) is 0 Å². The molecule has 3 rings (SSSR count). The molecule has 1 aromatic carbocycles. The summed E-state index contributed by atoms with van der Waals surface area (Å²) in [6, 6.07) is 8.48. The topological polar surface area (TPSA) is 29.5 Å². The molecule has 1 aromatic rings. The van der Waals surface area contributed by atoms with E-state index < -0.39 is 0 Å². The fraction of sp³-hybridized carbons (Fsp3) is 0.667. The Morgan fingerprint density at radius 3 is 2.15 bits per heavy atom. The minimum atomic E-state index is -0.158. The van der Waals surface area contributed by atoms with Crippen LogP contribution in [0.15, 0.2) is 24.3 Å². The van der Waals surface area contributed by atoms with Crippen LogP contribution in [-0.2, 0) is 0 Å². The number of aliphatic hydroxyl groups is 1. The highest BCUT2D eigenvalue weighted by molar-refractivity contribution is 5.30. The van der Waals surface area contributed by atoms with Crippen molar-refractivity contribution in [3.8, 4) is 5.75 Å². The van der Waals surface area contributed by atoms with Crippen LogP contribution in [0.25, 0.3) is 0 Å². The molecule has 0 bridgehead atoms. The quantitative estimate of drug-likeness (QED) is 0.884. The molecule has 2 aliphatic carbocycles. The van der Waals surface area contributed by atoms with Gasteiger partial charge in [-0.15, -0.1) is 0 Å². The van der Waals surface area contributed by atoms with Gasteiger partial charge in [0, 0.05) is 5.92 Å². The molecular weight excluding hydrogens is 248 g/mol. The summed E-state index contributed by atoms with van der Waals surface area (Å²) in [5, 5.41) is 10.1. The van der Waals surface area contributed by atoms with E-state index in [1.54, 1.807) is 0 Å². The van der Waals surface area contributed by atoms with Crippen LogP contribution in [0, 0.1) is 0 Å². The Morgan fingerprint density at radius 1 is 0.800 bits per heavy atom. The zero-order valence-corrected chi connectivity index (χ0v) is 12.3. The molecule has 0 spiro atoms. The van der Waals surface area contributed by atoms with Crippen LogP contribution in [0.2, 0.25) is 0 Å². The Kier molecular flexibility index (Phi) is 4.62. The molecule has 2 atom stereocenters. The number of aliphatic hydroxyl groups excluding tert-OH is 1. The van der Waals surface area contributed by atoms with Gasteiger partial charge in [0.1, 0.15) is 5.75 Å². The molecule has 0 amide bonds. The number of ether oxygens (including phenoxy) is 1. The van der Waals surface area contributed by atoms with Gasteiger partial charge in [0.25, 0.3) is 0 Å². The molecule has 1 N–H and O–H groups in total. The third-order valence-electron chi connectivity index (χ3n) is 4.89. The van der Waals surface area contributed by atoms with Crippen LogP contribution < -0.4 is 4.74 Å². The molecule has 110 valence electrons. The molecule has 2 aliphatic rings. The summed E-state index contributed by atoms with van der Waals surface area (Å²) in [5.74, 6) is 1.32. The average molecular weight is 274 g/mol. The molecule has 2 nitrogen and oxygen atoms in total. The average Bonchev–Trinajstić information content (AvgIpc) is 2.50. The first-order chi connectivity index (χ1) is 9.83. The second kappa shape index (κ2) is 6.62. The van der Waals surface area contributed by atoms with E-state index >= 15 is 0 Å². The standard InChI is InChI=1S/C18H26O2/c19-18-9-5-4-8-17(18)14-10-12-16(13-11-14)20-15-6-2-1-3-7-15/h10-13,15,17-19H,1-9H2/t17-,18+/m0/s1. The van der Waals surface area contributed by atoms with E-state index in [4.69, 9.17) is 4.74 Å². The summed E-state index contributed by atoms with van der Waals surface area (Å²) in [4.78, 5) is 0. The van der Waals surface area contributed by atoms with Crippen molar-refractivity contribution in [2.45, 2.75) is 75.9 Å². The van der Waals surface area contributed by atoms with Crippen molar-refractivity contribution in [1.82, 2.24) is 0 Å². The lowest BCUT2D eigenvalue weighted by Crippen LogP contribution is -2.22. The van der Waals surface area contributed by atoms with Gasteiger partial charge in [-0.3, -0.25) is 0 Å². The number of hydrogen-bond acceptors (Lipinski definition) is 2. The second-order valence-corrected chi connectivity index (χ2v) is 6.41. The summed E-state index contributed by atoms with van der Waals surface area (Å²) < 4.78 is 6.06. The minimum Gasteiger partial charge on any atom is -0.490 e. The van der Waals surface area contributed by atoms with Gasteiger partial charge in [-0.1, -0.05) is 31.4 Å². The van der Waals surface area contributed by atoms with Crippen molar-refractivity contribution >= 4 is 0 Å². The van der Waals surface area contributed by atoms with Crippen molar-refractivity contribution in [3.05, 3.63) is 29.8 Å². The summed E-state index contributed by atoms with van der Waals surface area (Å²) in [6.45, 7) is 0. The molecule has 0 unspecified atom stereocenters. The summed E-state index contributed by atoms with van der Waals surface area (Å²) in [5.41, 5.74) is 1.27. The fourth-order valence-corrected chi connectivity index (χ4v) is 3.67. The number of benzene rings is 1. The van der Waals surface area contributed by atoms with Crippen LogP contribution in [0.5, 0.6) is 5.75 Å². The Balaban J connectivity index is 1.61. The van der Waals surface area contributed by atoms with Gasteiger partial charge in [0.2, 0.25) is 0 Å². The van der Waals surface area contributed by atoms with Crippen LogP contribution >= 0.6 is 0 Å². The lowest BCUT2D eigenvalue weighted by Gasteiger charge is -2.28. The van der Waals surface area contributed by atoms with Crippen LogP contribution in [0.1, 0.15) is 69.3 Å². The largest absolute Gasteiger partial charge is 0.490 e. The number of rotatable bonds is 3. The molecule has 2 saturated carbocycles. The van der Waals surface area contributed by atoms with E-state index in [-0.39, 0.29) is 6.10 Å². The Bertz CT molecular complexity index is 406. The predicted molar refractivity (Wildman–Crippen MR) is 81.2 cm³/mol. The Labute approximate surface area is 122 Å². The lowest BCUT2D eigenvalue weighted by atomic mass is 9.82. The van der Waals surface area contributed by atoms with E-state index in [0.29, 0.717) is 12.0 Å². The maximum absolute atomic E-state index is 10.1. The van der Waals surface area contributed by atoms with Gasteiger partial charge in [0.15, 0.2) is 0 Å². The van der Waals surface area contributed by atoms with Crippen LogP contribution in [0.4, 0.5) is 0 Å². The molecule has 2 fully saturated rings. The first-order valence-electron chi connectivity index (χ1n) is 8.27. The predicted octanol–water partition coefficient (Wildman–Crippen LogP) is 4.42. The van der Waals surface area contributed by atoms with E-state index in [9.17, 15) is 5.11 Å². The Morgan fingerprint density at radius 2 is 1.45 bits per heavy atom. The highest BCUT2D eigenvalue weighted by Crippen LogP contribution is 2.34. The molecule has 0 aromatic heterocycles. The van der Waals surface area contributed by atoms with Crippen molar-refractivity contribution in [3.63, 3.8) is 0 Å². The van der Waals surface area contributed by atoms with E-state index in [0.717, 1.165) is 18.6 Å². The summed E-state index contributed by atoms with van der Waals surface area (Å²) >= 11 is 0. The fourth-order valence-electron chi connectivity index (χ4n) is 3.67. The summed E-state index contributed by atoms with van der Waals surface area (Å²) in [7, 11) is 0. The molecule has 0 heterocycles. The van der Waals surface area contributed by atoms with Gasteiger partial charge in [-0.25, -0.2) is 0 Å². The molecular formula is C18H26O2. The third-order valence-corrected chi connectivity index (χ3v) is 4.89. The third kappa shape index (κ3) is 3.35. The van der Waals surface area contributed by atoms with Crippen molar-refractivity contribution < 1.29 is 9.84 Å². The lowest BCUT2D eigenvalue weighted by molar-refractivity contribution is 0.106. The van der Waals surface area contributed by atoms with Crippen molar-refractivity contribution in [2.24, 2.45) is 0 Å². The summed E-state index contributed by atoms with van der Waals surface area (Å²) in [6.07, 6.45) is 11.1. The molecule has 0 radical (unpaired) electrons. The van der Waals surface area contributed by atoms with E-state index in [1.807, 2.05) is 0 Å². The maximum atomic E-state index is 10.1. The highest BCUT2D eigenvalue weighted by Gasteiger charge is 2.24. The van der Waals surface area contributed by atoms with Crippen LogP contribution in [-0.4, -0.2) is 17.3 Å². The van der Waals surface area contributed by atoms with Crippen LogP contribution in [0.3, 0.4) is 0 Å². The van der Waals surface area contributed by atoms with Gasteiger partial charge >= 0.3 is 0 Å². The molecule has 20 heavy (non-hydrogen) atoms. The van der Waals surface area contributed by atoms with Gasteiger partial charge in [0.05, 0.1) is 12.2 Å². The zero-order chi connectivity index (χ0) is 13.8. The van der Waals surface area contributed by atoms with Gasteiger partial charge < -0.3 is 9.84 Å². The second-order valence-electron chi connectivity index (χ2n) is 6.41. The normalized spacial score (nSPS) is 28.2. The minimum absolute atomic E-state index is 0.158. The monoisotopic (exact) mass is 274 g/mol. The van der Waals surface area contributed by atoms with Gasteiger partial charge in [-0.05, 0) is 56.2 Å².